The maximum Gasteiger partial charge on any atom is 0.307 e. The van der Waals surface area contributed by atoms with E-state index in [0.717, 1.165) is 49.0 Å². The number of amides is 1. The van der Waals surface area contributed by atoms with Crippen LogP contribution in [0.25, 0.3) is 0 Å². The summed E-state index contributed by atoms with van der Waals surface area (Å²) in [4.78, 5) is 30.8. The fourth-order valence-corrected chi connectivity index (χ4v) is 6.19. The number of anilines is 1. The minimum atomic E-state index is -0.543. The smallest absolute Gasteiger partial charge is 0.307 e. The van der Waals surface area contributed by atoms with Crippen LogP contribution in [0.5, 0.6) is 0 Å². The number of carbonyl (C=O) groups excluding carboxylic acids is 2. The molecular formula is C28H42N2O3. The molecule has 1 saturated heterocycles. The van der Waals surface area contributed by atoms with Crippen molar-refractivity contribution in [2.45, 2.75) is 103 Å². The van der Waals surface area contributed by atoms with Gasteiger partial charge in [-0.15, -0.1) is 0 Å². The lowest BCUT2D eigenvalue weighted by atomic mass is 9.79. The molecule has 1 aliphatic carbocycles. The number of benzene rings is 1. The minimum absolute atomic E-state index is 0.0675. The zero-order chi connectivity index (χ0) is 23.8. The van der Waals surface area contributed by atoms with Gasteiger partial charge in [-0.3, -0.25) is 9.59 Å². The summed E-state index contributed by atoms with van der Waals surface area (Å²) >= 11 is 0. The van der Waals surface area contributed by atoms with Crippen molar-refractivity contribution in [3.8, 4) is 0 Å². The maximum absolute atomic E-state index is 13.6. The van der Waals surface area contributed by atoms with Gasteiger partial charge >= 0.3 is 5.97 Å². The normalized spacial score (nSPS) is 27.2. The van der Waals surface area contributed by atoms with Crippen LogP contribution in [0.1, 0.15) is 91.0 Å². The van der Waals surface area contributed by atoms with Gasteiger partial charge < -0.3 is 14.5 Å². The van der Waals surface area contributed by atoms with Crippen molar-refractivity contribution < 1.29 is 14.3 Å². The average molecular weight is 455 g/mol. The molecule has 0 bridgehead atoms. The molecule has 2 heterocycles. The molecule has 0 aromatic heterocycles. The molecule has 1 atom stereocenters. The highest BCUT2D eigenvalue weighted by Crippen LogP contribution is 2.42. The first kappa shape index (κ1) is 24.3. The van der Waals surface area contributed by atoms with E-state index in [4.69, 9.17) is 4.74 Å². The van der Waals surface area contributed by atoms with Crippen LogP contribution in [0.4, 0.5) is 5.69 Å². The molecule has 5 heteroatoms. The fraction of sp³-hybridized carbons (Fsp3) is 0.714. The SMILES string of the molecule is CC(C)[C@H]1CC[C@@H](N2CCC(N3C(=O)C(CC(=O)OC(C)(C)C)c4ccccc43)CC2)CC1. The molecule has 0 N–H and O–H groups in total. The minimum Gasteiger partial charge on any atom is -0.460 e. The van der Waals surface area contributed by atoms with E-state index in [1.807, 2.05) is 49.9 Å². The number of likely N-dealkylation sites (tertiary alicyclic amines) is 1. The Bertz CT molecular complexity index is 843. The number of hydrogen-bond acceptors (Lipinski definition) is 4. The number of esters is 1. The van der Waals surface area contributed by atoms with Crippen LogP contribution in [-0.2, 0) is 14.3 Å². The number of hydrogen-bond donors (Lipinski definition) is 0. The Hall–Kier alpha value is -1.88. The molecule has 1 amide bonds. The van der Waals surface area contributed by atoms with E-state index in [-0.39, 0.29) is 24.3 Å². The summed E-state index contributed by atoms with van der Waals surface area (Å²) in [7, 11) is 0. The third-order valence-corrected chi connectivity index (χ3v) is 7.96. The van der Waals surface area contributed by atoms with Gasteiger partial charge in [0.1, 0.15) is 5.60 Å². The highest BCUT2D eigenvalue weighted by molar-refractivity contribution is 6.06. The Balaban J connectivity index is 1.39. The third-order valence-electron chi connectivity index (χ3n) is 7.96. The molecule has 1 saturated carbocycles. The van der Waals surface area contributed by atoms with Crippen molar-refractivity contribution in [3.63, 3.8) is 0 Å². The Kier molecular flexibility index (Phi) is 7.18. The summed E-state index contributed by atoms with van der Waals surface area (Å²) in [6.07, 6.45) is 7.46. The van der Waals surface area contributed by atoms with Gasteiger partial charge in [-0.05, 0) is 82.8 Å². The highest BCUT2D eigenvalue weighted by atomic mass is 16.6. The zero-order valence-electron chi connectivity index (χ0n) is 21.2. The van der Waals surface area contributed by atoms with Gasteiger partial charge in [0.2, 0.25) is 5.91 Å². The molecule has 182 valence electrons. The van der Waals surface area contributed by atoms with Crippen LogP contribution in [0.15, 0.2) is 24.3 Å². The van der Waals surface area contributed by atoms with Gasteiger partial charge in [-0.1, -0.05) is 32.0 Å². The molecule has 2 aliphatic heterocycles. The Morgan fingerprint density at radius 3 is 2.24 bits per heavy atom. The summed E-state index contributed by atoms with van der Waals surface area (Å²) in [6.45, 7) is 12.4. The summed E-state index contributed by atoms with van der Waals surface area (Å²) in [6, 6.07) is 8.94. The van der Waals surface area contributed by atoms with E-state index in [9.17, 15) is 9.59 Å². The van der Waals surface area contributed by atoms with E-state index >= 15 is 0 Å². The summed E-state index contributed by atoms with van der Waals surface area (Å²) in [5.74, 6) is 1.02. The first-order valence-electron chi connectivity index (χ1n) is 13.0. The molecule has 5 nitrogen and oxygen atoms in total. The van der Waals surface area contributed by atoms with E-state index in [0.29, 0.717) is 6.04 Å². The molecule has 1 aromatic rings. The highest BCUT2D eigenvalue weighted by Gasteiger charge is 2.43. The second-order valence-electron chi connectivity index (χ2n) is 11.7. The van der Waals surface area contributed by atoms with Gasteiger partial charge in [-0.25, -0.2) is 0 Å². The van der Waals surface area contributed by atoms with Crippen molar-refractivity contribution in [2.75, 3.05) is 18.0 Å². The quantitative estimate of drug-likeness (QED) is 0.549. The molecule has 0 spiro atoms. The largest absolute Gasteiger partial charge is 0.460 e. The van der Waals surface area contributed by atoms with E-state index in [1.165, 1.54) is 25.7 Å². The molecule has 0 radical (unpaired) electrons. The molecule has 2 fully saturated rings. The lowest BCUT2D eigenvalue weighted by Crippen LogP contribution is -2.50. The van der Waals surface area contributed by atoms with Gasteiger partial charge in [0.15, 0.2) is 0 Å². The van der Waals surface area contributed by atoms with Gasteiger partial charge in [0, 0.05) is 30.9 Å². The topological polar surface area (TPSA) is 49.9 Å². The first-order valence-corrected chi connectivity index (χ1v) is 13.0. The van der Waals surface area contributed by atoms with Gasteiger partial charge in [0.05, 0.1) is 12.3 Å². The van der Waals surface area contributed by atoms with Crippen LogP contribution in [-0.4, -0.2) is 47.6 Å². The molecular weight excluding hydrogens is 412 g/mol. The van der Waals surface area contributed by atoms with Crippen LogP contribution < -0.4 is 4.90 Å². The zero-order valence-corrected chi connectivity index (χ0v) is 21.2. The van der Waals surface area contributed by atoms with E-state index < -0.39 is 11.5 Å². The number of nitrogens with zero attached hydrogens (tertiary/aromatic N) is 2. The predicted octanol–water partition coefficient (Wildman–Crippen LogP) is 5.53. The maximum atomic E-state index is 13.6. The Morgan fingerprint density at radius 1 is 1.00 bits per heavy atom. The van der Waals surface area contributed by atoms with Crippen molar-refractivity contribution >= 4 is 17.6 Å². The standard InChI is InChI=1S/C28H42N2O3/c1-19(2)20-10-12-21(13-11-20)29-16-14-22(15-17-29)30-25-9-7-6-8-23(25)24(27(30)32)18-26(31)33-28(3,4)5/h6-9,19-22,24H,10-18H2,1-5H3/t20-,21+,24?. The Morgan fingerprint density at radius 2 is 1.64 bits per heavy atom. The van der Waals surface area contributed by atoms with E-state index in [1.54, 1.807) is 0 Å². The first-order chi connectivity index (χ1) is 15.6. The third kappa shape index (κ3) is 5.45. The predicted molar refractivity (Wildman–Crippen MR) is 132 cm³/mol. The van der Waals surface area contributed by atoms with Crippen molar-refractivity contribution in [1.82, 2.24) is 4.90 Å². The molecule has 3 aliphatic rings. The van der Waals surface area contributed by atoms with E-state index in [2.05, 4.69) is 18.7 Å². The second-order valence-corrected chi connectivity index (χ2v) is 11.7. The summed E-state index contributed by atoms with van der Waals surface area (Å²) in [5.41, 5.74) is 1.42. The van der Waals surface area contributed by atoms with Crippen LogP contribution in [0.3, 0.4) is 0 Å². The molecule has 4 rings (SSSR count). The summed E-state index contributed by atoms with van der Waals surface area (Å²) in [5, 5.41) is 0. The number of rotatable bonds is 5. The van der Waals surface area contributed by atoms with Crippen molar-refractivity contribution in [2.24, 2.45) is 11.8 Å². The van der Waals surface area contributed by atoms with Gasteiger partial charge in [-0.2, -0.15) is 0 Å². The van der Waals surface area contributed by atoms with Crippen molar-refractivity contribution in [1.29, 1.82) is 0 Å². The number of carbonyl (C=O) groups is 2. The number of fused-ring (bicyclic) bond motifs is 1. The summed E-state index contributed by atoms with van der Waals surface area (Å²) < 4.78 is 5.53. The number of piperidine rings is 1. The monoisotopic (exact) mass is 454 g/mol. The van der Waals surface area contributed by atoms with Crippen LogP contribution >= 0.6 is 0 Å². The lowest BCUT2D eigenvalue weighted by Gasteiger charge is -2.43. The van der Waals surface area contributed by atoms with Crippen LogP contribution in [0.2, 0.25) is 0 Å². The number of ether oxygens (including phenoxy) is 1. The average Bonchev–Trinajstić information content (AvgIpc) is 3.04. The van der Waals surface area contributed by atoms with Crippen molar-refractivity contribution in [3.05, 3.63) is 29.8 Å². The van der Waals surface area contributed by atoms with Gasteiger partial charge in [0.25, 0.3) is 0 Å². The Labute approximate surface area is 199 Å². The number of para-hydroxylation sites is 1. The second kappa shape index (κ2) is 9.77. The molecule has 33 heavy (non-hydrogen) atoms. The molecule has 1 unspecified atom stereocenters. The fourth-order valence-electron chi connectivity index (χ4n) is 6.19. The van der Waals surface area contributed by atoms with Crippen LogP contribution in [0, 0.1) is 11.8 Å². The molecule has 1 aromatic carbocycles. The lowest BCUT2D eigenvalue weighted by molar-refractivity contribution is -0.156.